The molecule has 0 aromatic carbocycles. The Morgan fingerprint density at radius 3 is 2.82 bits per heavy atom. The highest BCUT2D eigenvalue weighted by Crippen LogP contribution is 2.19. The smallest absolute Gasteiger partial charge is 0.275 e. The maximum Gasteiger partial charge on any atom is 0.275 e. The highest BCUT2D eigenvalue weighted by Gasteiger charge is 2.16. The van der Waals surface area contributed by atoms with Crippen LogP contribution >= 0.6 is 11.3 Å². The quantitative estimate of drug-likeness (QED) is 0.464. The molecule has 0 radical (unpaired) electrons. The maximum atomic E-state index is 11.6. The third kappa shape index (κ3) is 3.80. The van der Waals surface area contributed by atoms with Gasteiger partial charge in [-0.15, -0.1) is 11.3 Å². The van der Waals surface area contributed by atoms with Crippen LogP contribution in [0.25, 0.3) is 0 Å². The Labute approximate surface area is 107 Å². The Kier molecular flexibility index (Phi) is 5.61. The van der Waals surface area contributed by atoms with E-state index in [4.69, 9.17) is 5.84 Å². The number of hydrogen-bond acceptors (Lipinski definition) is 4. The molecule has 96 valence electrons. The second-order valence-corrected chi connectivity index (χ2v) is 5.23. The van der Waals surface area contributed by atoms with E-state index in [9.17, 15) is 4.79 Å². The number of hydrogen-bond donors (Lipinski definition) is 2. The van der Waals surface area contributed by atoms with Crippen LogP contribution in [0.3, 0.4) is 0 Å². The van der Waals surface area contributed by atoms with E-state index in [0.29, 0.717) is 10.9 Å². The van der Waals surface area contributed by atoms with E-state index in [1.165, 1.54) is 11.3 Å². The molecule has 0 unspecified atom stereocenters. The molecule has 1 heterocycles. The van der Waals surface area contributed by atoms with E-state index in [1.807, 2.05) is 11.4 Å². The van der Waals surface area contributed by atoms with Gasteiger partial charge in [0.1, 0.15) is 0 Å². The predicted molar refractivity (Wildman–Crippen MR) is 71.8 cm³/mol. The number of nitrogen functional groups attached to an aromatic ring is 1. The molecule has 0 fully saturated rings. The van der Waals surface area contributed by atoms with Crippen molar-refractivity contribution in [3.63, 3.8) is 0 Å². The lowest BCUT2D eigenvalue weighted by atomic mass is 10.2. The summed E-state index contributed by atoms with van der Waals surface area (Å²) >= 11 is 1.44. The Morgan fingerprint density at radius 1 is 1.59 bits per heavy atom. The highest BCUT2D eigenvalue weighted by atomic mass is 32.1. The SMILES string of the molecule is CCCN(Cc1ccsc1C(=O)NN)C(C)C. The topological polar surface area (TPSA) is 58.4 Å². The molecule has 0 saturated heterocycles. The summed E-state index contributed by atoms with van der Waals surface area (Å²) < 4.78 is 0. The van der Waals surface area contributed by atoms with Crippen molar-refractivity contribution < 1.29 is 4.79 Å². The zero-order valence-corrected chi connectivity index (χ0v) is 11.5. The van der Waals surface area contributed by atoms with Gasteiger partial charge in [-0.1, -0.05) is 6.92 Å². The fourth-order valence-corrected chi connectivity index (χ4v) is 2.57. The van der Waals surface area contributed by atoms with Gasteiger partial charge in [-0.25, -0.2) is 5.84 Å². The van der Waals surface area contributed by atoms with Gasteiger partial charge in [0.2, 0.25) is 0 Å². The summed E-state index contributed by atoms with van der Waals surface area (Å²) in [7, 11) is 0. The van der Waals surface area contributed by atoms with E-state index in [-0.39, 0.29) is 5.91 Å². The minimum atomic E-state index is -0.199. The van der Waals surface area contributed by atoms with Crippen LogP contribution in [0, 0.1) is 0 Å². The third-order valence-electron chi connectivity index (χ3n) is 2.70. The number of nitrogens with zero attached hydrogens (tertiary/aromatic N) is 1. The van der Waals surface area contributed by atoms with E-state index >= 15 is 0 Å². The standard InChI is InChI=1S/C12H21N3OS/c1-4-6-15(9(2)3)8-10-5-7-17-11(10)12(16)14-13/h5,7,9H,4,6,8,13H2,1-3H3,(H,14,16). The van der Waals surface area contributed by atoms with E-state index in [1.54, 1.807) is 0 Å². The van der Waals surface area contributed by atoms with E-state index in [0.717, 1.165) is 25.1 Å². The van der Waals surface area contributed by atoms with Crippen molar-refractivity contribution in [3.05, 3.63) is 21.9 Å². The molecule has 0 saturated carbocycles. The van der Waals surface area contributed by atoms with Crippen LogP contribution in [0.2, 0.25) is 0 Å². The van der Waals surface area contributed by atoms with Crippen LogP contribution in [-0.4, -0.2) is 23.4 Å². The first-order valence-electron chi connectivity index (χ1n) is 5.91. The summed E-state index contributed by atoms with van der Waals surface area (Å²) in [6, 6.07) is 2.48. The van der Waals surface area contributed by atoms with Crippen molar-refractivity contribution in [3.8, 4) is 0 Å². The van der Waals surface area contributed by atoms with Crippen molar-refractivity contribution in [1.29, 1.82) is 0 Å². The molecule has 0 bridgehead atoms. The minimum absolute atomic E-state index is 0.199. The summed E-state index contributed by atoms with van der Waals surface area (Å²) in [5.74, 6) is 4.98. The normalized spacial score (nSPS) is 11.2. The first kappa shape index (κ1) is 14.2. The van der Waals surface area contributed by atoms with Crippen LogP contribution in [0.15, 0.2) is 11.4 Å². The molecule has 0 spiro atoms. The molecule has 5 heteroatoms. The molecule has 0 aliphatic heterocycles. The van der Waals surface area contributed by atoms with Crippen molar-refractivity contribution in [2.75, 3.05) is 6.54 Å². The second kappa shape index (κ2) is 6.74. The summed E-state index contributed by atoms with van der Waals surface area (Å²) in [6.07, 6.45) is 1.11. The van der Waals surface area contributed by atoms with Crippen LogP contribution < -0.4 is 11.3 Å². The predicted octanol–water partition coefficient (Wildman–Crippen LogP) is 1.97. The van der Waals surface area contributed by atoms with Crippen molar-refractivity contribution in [1.82, 2.24) is 10.3 Å². The molecule has 17 heavy (non-hydrogen) atoms. The number of carbonyl (C=O) groups is 1. The Hall–Kier alpha value is -0.910. The molecule has 0 aliphatic rings. The number of hydrazine groups is 1. The number of rotatable bonds is 6. The minimum Gasteiger partial charge on any atom is -0.297 e. The van der Waals surface area contributed by atoms with Gasteiger partial charge in [0.05, 0.1) is 4.88 Å². The summed E-state index contributed by atoms with van der Waals surface area (Å²) in [5.41, 5.74) is 3.25. The number of amides is 1. The lowest BCUT2D eigenvalue weighted by Gasteiger charge is -2.25. The van der Waals surface area contributed by atoms with Crippen LogP contribution in [0.5, 0.6) is 0 Å². The van der Waals surface area contributed by atoms with Crippen LogP contribution in [0.4, 0.5) is 0 Å². The third-order valence-corrected chi connectivity index (χ3v) is 3.65. The molecule has 1 aromatic rings. The van der Waals surface area contributed by atoms with E-state index in [2.05, 4.69) is 31.1 Å². The van der Waals surface area contributed by atoms with Crippen LogP contribution in [0.1, 0.15) is 42.4 Å². The fourth-order valence-electron chi connectivity index (χ4n) is 1.75. The van der Waals surface area contributed by atoms with Crippen LogP contribution in [-0.2, 0) is 6.54 Å². The van der Waals surface area contributed by atoms with Gasteiger partial charge < -0.3 is 0 Å². The number of thiophene rings is 1. The Morgan fingerprint density at radius 2 is 2.29 bits per heavy atom. The molecular weight excluding hydrogens is 234 g/mol. The molecular formula is C12H21N3OS. The molecule has 0 atom stereocenters. The first-order valence-corrected chi connectivity index (χ1v) is 6.79. The molecule has 1 aromatic heterocycles. The molecule has 0 aliphatic carbocycles. The monoisotopic (exact) mass is 255 g/mol. The van der Waals surface area contributed by atoms with Gasteiger partial charge >= 0.3 is 0 Å². The average molecular weight is 255 g/mol. The largest absolute Gasteiger partial charge is 0.297 e. The molecule has 1 amide bonds. The Bertz CT molecular complexity index is 362. The first-order chi connectivity index (χ1) is 8.10. The lowest BCUT2D eigenvalue weighted by Crippen LogP contribution is -2.33. The van der Waals surface area contributed by atoms with Gasteiger partial charge in [0.25, 0.3) is 5.91 Å². The van der Waals surface area contributed by atoms with E-state index < -0.39 is 0 Å². The van der Waals surface area contributed by atoms with Gasteiger partial charge in [0, 0.05) is 12.6 Å². The summed E-state index contributed by atoms with van der Waals surface area (Å²) in [6.45, 7) is 8.35. The number of nitrogens with one attached hydrogen (secondary N) is 1. The summed E-state index contributed by atoms with van der Waals surface area (Å²) in [5, 5.41) is 1.93. The Balaban J connectivity index is 2.79. The lowest BCUT2D eigenvalue weighted by molar-refractivity contribution is 0.0955. The molecule has 3 N–H and O–H groups in total. The maximum absolute atomic E-state index is 11.6. The average Bonchev–Trinajstić information content (AvgIpc) is 2.75. The molecule has 4 nitrogen and oxygen atoms in total. The summed E-state index contributed by atoms with van der Waals surface area (Å²) in [4.78, 5) is 14.6. The van der Waals surface area contributed by atoms with Crippen molar-refractivity contribution in [2.45, 2.75) is 39.8 Å². The van der Waals surface area contributed by atoms with Gasteiger partial charge in [-0.3, -0.25) is 15.1 Å². The van der Waals surface area contributed by atoms with Crippen molar-refractivity contribution >= 4 is 17.2 Å². The van der Waals surface area contributed by atoms with Gasteiger partial charge in [-0.2, -0.15) is 0 Å². The fraction of sp³-hybridized carbons (Fsp3) is 0.583. The second-order valence-electron chi connectivity index (χ2n) is 4.31. The number of nitrogens with two attached hydrogens (primary N) is 1. The zero-order valence-electron chi connectivity index (χ0n) is 10.7. The van der Waals surface area contributed by atoms with Gasteiger partial charge in [0.15, 0.2) is 0 Å². The zero-order chi connectivity index (χ0) is 12.8. The molecule has 1 rings (SSSR count). The van der Waals surface area contributed by atoms with Crippen molar-refractivity contribution in [2.24, 2.45) is 5.84 Å². The number of carbonyl (C=O) groups excluding carboxylic acids is 1. The highest BCUT2D eigenvalue weighted by molar-refractivity contribution is 7.12. The van der Waals surface area contributed by atoms with Gasteiger partial charge in [-0.05, 0) is 43.8 Å².